The van der Waals surface area contributed by atoms with Crippen molar-refractivity contribution in [2.24, 2.45) is 11.8 Å². The summed E-state index contributed by atoms with van der Waals surface area (Å²) in [7, 11) is -1.92. The van der Waals surface area contributed by atoms with Crippen LogP contribution in [0.3, 0.4) is 0 Å². The van der Waals surface area contributed by atoms with Crippen LogP contribution >= 0.6 is 0 Å². The van der Waals surface area contributed by atoms with Crippen LogP contribution in [0.25, 0.3) is 16.3 Å². The first-order valence-electron chi connectivity index (χ1n) is 18.9. The summed E-state index contributed by atoms with van der Waals surface area (Å²) in [6, 6.07) is 26.6. The summed E-state index contributed by atoms with van der Waals surface area (Å²) in [6.45, 7) is 17.9. The van der Waals surface area contributed by atoms with Crippen molar-refractivity contribution in [3.63, 3.8) is 0 Å². The predicted octanol–water partition coefficient (Wildman–Crippen LogP) is 12.4. The van der Waals surface area contributed by atoms with Crippen molar-refractivity contribution in [1.29, 1.82) is 0 Å². The van der Waals surface area contributed by atoms with Crippen LogP contribution in [0.5, 0.6) is 0 Å². The van der Waals surface area contributed by atoms with Gasteiger partial charge in [-0.2, -0.15) is 0 Å². The number of allylic oxidation sites excluding steroid dienone is 4. The zero-order valence-electron chi connectivity index (χ0n) is 29.9. The van der Waals surface area contributed by atoms with Gasteiger partial charge in [0.2, 0.25) is 0 Å². The number of benzene rings is 3. The third-order valence-electron chi connectivity index (χ3n) is 12.9. The highest BCUT2D eigenvalue weighted by molar-refractivity contribution is 6.76. The molecule has 0 aromatic heterocycles. The first kappa shape index (κ1) is 32.1. The fourth-order valence-electron chi connectivity index (χ4n) is 11.7. The summed E-state index contributed by atoms with van der Waals surface area (Å²) in [5, 5.41) is 2.87. The molecule has 244 valence electrons. The zero-order chi connectivity index (χ0) is 32.3. The molecular weight excluding hydrogens is 571 g/mol. The van der Waals surface area contributed by atoms with Crippen LogP contribution in [0, 0.1) is 11.8 Å². The van der Waals surface area contributed by atoms with Gasteiger partial charge in [0, 0.05) is 17.0 Å². The van der Waals surface area contributed by atoms with Crippen LogP contribution in [0.15, 0.2) is 84.5 Å². The fourth-order valence-corrected chi connectivity index (χ4v) is 17.0. The number of nitrogens with zero attached hydrogens (tertiary/aromatic N) is 1. The van der Waals surface area contributed by atoms with Crippen molar-refractivity contribution >= 4 is 24.6 Å². The number of fused-ring (bicyclic) bond motifs is 5. The molecule has 0 aliphatic heterocycles. The molecule has 0 spiro atoms. The second-order valence-electron chi connectivity index (χ2n) is 16.9. The molecule has 2 heteroatoms. The van der Waals surface area contributed by atoms with Gasteiger partial charge in [-0.05, 0) is 115 Å². The first-order chi connectivity index (χ1) is 22.1. The van der Waals surface area contributed by atoms with Gasteiger partial charge in [0.25, 0.3) is 0 Å². The minimum Gasteiger partial charge on any atom is -0.316 e. The lowest BCUT2D eigenvalue weighted by Gasteiger charge is -2.55. The number of hydrogen-bond donors (Lipinski definition) is 0. The Labute approximate surface area is 281 Å². The van der Waals surface area contributed by atoms with Crippen LogP contribution in [-0.2, 0) is 5.41 Å². The molecular formula is C44H59NSi. The van der Waals surface area contributed by atoms with Crippen molar-refractivity contribution in [3.05, 3.63) is 101 Å². The molecule has 0 heterocycles. The SMILES string of the molecule is CCCC1(CCC)C2=CC3C(c4cccc5ccccc45)CC([Si](C)(C)N(C4CCCCC4)C(C)(C)C)C3C=C2c2ccccc21. The van der Waals surface area contributed by atoms with Crippen molar-refractivity contribution < 1.29 is 0 Å². The Bertz CT molecular complexity index is 1620. The molecule has 4 aliphatic rings. The number of hydrogen-bond acceptors (Lipinski definition) is 1. The van der Waals surface area contributed by atoms with E-state index in [1.807, 2.05) is 0 Å². The van der Waals surface area contributed by atoms with E-state index in [9.17, 15) is 0 Å². The topological polar surface area (TPSA) is 3.24 Å². The van der Waals surface area contributed by atoms with Crippen molar-refractivity contribution in [1.82, 2.24) is 4.57 Å². The van der Waals surface area contributed by atoms with Gasteiger partial charge in [-0.1, -0.05) is 138 Å². The van der Waals surface area contributed by atoms with E-state index >= 15 is 0 Å². The van der Waals surface area contributed by atoms with E-state index in [-0.39, 0.29) is 11.0 Å². The fraction of sp³-hybridized carbons (Fsp3) is 0.545. The van der Waals surface area contributed by atoms with Crippen molar-refractivity contribution in [2.75, 3.05) is 0 Å². The quantitative estimate of drug-likeness (QED) is 0.224. The maximum absolute atomic E-state index is 3.16. The molecule has 0 amide bonds. The largest absolute Gasteiger partial charge is 0.316 e. The Morgan fingerprint density at radius 2 is 1.46 bits per heavy atom. The normalized spacial score (nSPS) is 26.1. The molecule has 2 saturated carbocycles. The molecule has 4 unspecified atom stereocenters. The Morgan fingerprint density at radius 3 is 2.17 bits per heavy atom. The van der Waals surface area contributed by atoms with E-state index in [1.54, 1.807) is 27.8 Å². The molecule has 0 N–H and O–H groups in total. The van der Waals surface area contributed by atoms with Crippen LogP contribution in [0.2, 0.25) is 18.6 Å². The average Bonchev–Trinajstić information content (AvgIpc) is 3.54. The summed E-state index contributed by atoms with van der Waals surface area (Å²) in [4.78, 5) is 0. The van der Waals surface area contributed by atoms with Gasteiger partial charge in [-0.25, -0.2) is 0 Å². The van der Waals surface area contributed by atoms with E-state index < -0.39 is 8.24 Å². The summed E-state index contributed by atoms with van der Waals surface area (Å²) in [6.07, 6.45) is 19.0. The Morgan fingerprint density at radius 1 is 0.783 bits per heavy atom. The lowest BCUT2D eigenvalue weighted by Crippen LogP contribution is -2.64. The monoisotopic (exact) mass is 629 g/mol. The third kappa shape index (κ3) is 5.12. The maximum atomic E-state index is 3.16. The summed E-state index contributed by atoms with van der Waals surface area (Å²) < 4.78 is 3.16. The molecule has 7 rings (SSSR count). The van der Waals surface area contributed by atoms with Gasteiger partial charge in [0.1, 0.15) is 8.24 Å². The Kier molecular flexibility index (Phi) is 8.54. The molecule has 2 fully saturated rings. The van der Waals surface area contributed by atoms with Gasteiger partial charge in [-0.3, -0.25) is 0 Å². The minimum atomic E-state index is -1.92. The zero-order valence-corrected chi connectivity index (χ0v) is 30.9. The first-order valence-corrected chi connectivity index (χ1v) is 22.0. The third-order valence-corrected chi connectivity index (χ3v) is 17.6. The highest BCUT2D eigenvalue weighted by atomic mass is 28.3. The maximum Gasteiger partial charge on any atom is 0.126 e. The second kappa shape index (κ2) is 12.2. The lowest BCUT2D eigenvalue weighted by molar-refractivity contribution is 0.140. The predicted molar refractivity (Wildman–Crippen MR) is 202 cm³/mol. The van der Waals surface area contributed by atoms with Gasteiger partial charge in [0.05, 0.1) is 0 Å². The van der Waals surface area contributed by atoms with Crippen molar-refractivity contribution in [2.45, 2.75) is 140 Å². The molecule has 3 aromatic rings. The van der Waals surface area contributed by atoms with E-state index in [0.717, 1.165) is 6.04 Å². The molecule has 0 saturated heterocycles. The van der Waals surface area contributed by atoms with E-state index in [2.05, 4.69) is 131 Å². The molecule has 1 nitrogen and oxygen atoms in total. The van der Waals surface area contributed by atoms with Gasteiger partial charge < -0.3 is 4.57 Å². The van der Waals surface area contributed by atoms with Gasteiger partial charge in [-0.15, -0.1) is 0 Å². The average molecular weight is 630 g/mol. The van der Waals surface area contributed by atoms with Crippen LogP contribution in [0.4, 0.5) is 0 Å². The van der Waals surface area contributed by atoms with E-state index in [0.29, 0.717) is 23.3 Å². The molecule has 4 atom stereocenters. The highest BCUT2D eigenvalue weighted by Crippen LogP contribution is 2.64. The molecule has 46 heavy (non-hydrogen) atoms. The van der Waals surface area contributed by atoms with Crippen molar-refractivity contribution in [3.8, 4) is 0 Å². The van der Waals surface area contributed by atoms with Crippen LogP contribution in [0.1, 0.15) is 121 Å². The summed E-state index contributed by atoms with van der Waals surface area (Å²) in [5.41, 5.74) is 9.10. The smallest absolute Gasteiger partial charge is 0.126 e. The van der Waals surface area contributed by atoms with E-state index in [1.165, 1.54) is 75.0 Å². The lowest BCUT2D eigenvalue weighted by atomic mass is 9.68. The van der Waals surface area contributed by atoms with E-state index in [4.69, 9.17) is 0 Å². The van der Waals surface area contributed by atoms with Crippen LogP contribution in [-0.4, -0.2) is 24.4 Å². The number of rotatable bonds is 8. The Hall–Kier alpha value is -2.42. The van der Waals surface area contributed by atoms with Crippen LogP contribution < -0.4 is 0 Å². The van der Waals surface area contributed by atoms with Gasteiger partial charge in [0.15, 0.2) is 0 Å². The highest BCUT2D eigenvalue weighted by Gasteiger charge is 2.57. The molecule has 0 radical (unpaired) electrons. The molecule has 0 bridgehead atoms. The second-order valence-corrected chi connectivity index (χ2v) is 21.5. The standard InChI is InChI=1S/C44H59NSi/c1-8-26-44(27-9-2)40-25-16-15-23-35(40)38-28-39-36(29-41(38)44)37(34-24-17-19-31-18-13-14-22-33(31)34)30-42(39)46(6,7)45(43(3,4)5)32-20-11-10-12-21-32/h13-19,22-25,28-29,32,36-37,39,42H,8-12,20-21,26-27,30H2,1-7H3. The summed E-state index contributed by atoms with van der Waals surface area (Å²) >= 11 is 0. The minimum absolute atomic E-state index is 0.158. The molecule has 3 aromatic carbocycles. The molecule has 4 aliphatic carbocycles. The van der Waals surface area contributed by atoms with Gasteiger partial charge >= 0.3 is 0 Å². The Balaban J connectivity index is 1.42. The summed E-state index contributed by atoms with van der Waals surface area (Å²) in [5.74, 6) is 1.69.